The maximum atomic E-state index is 12.0. The first-order valence-electron chi connectivity index (χ1n) is 13.3. The molecule has 230 valence electrons. The van der Waals surface area contributed by atoms with E-state index in [0.29, 0.717) is 22.3 Å². The summed E-state index contributed by atoms with van der Waals surface area (Å²) in [6, 6.07) is 18.1. The number of rotatable bonds is 8. The number of phenolic OH excluding ortho intramolecular Hbond substituents is 1. The summed E-state index contributed by atoms with van der Waals surface area (Å²) >= 11 is 1.19. The Morgan fingerprint density at radius 2 is 1.63 bits per heavy atom. The lowest BCUT2D eigenvalue weighted by Gasteiger charge is -2.26. The fourth-order valence-corrected chi connectivity index (χ4v) is 6.29. The van der Waals surface area contributed by atoms with Gasteiger partial charge in [0.15, 0.2) is 9.84 Å². The Labute approximate surface area is 250 Å². The summed E-state index contributed by atoms with van der Waals surface area (Å²) in [4.78, 5) is 11.3. The molecular formula is C30H30F3NO7S2. The standard InChI is InChI=1S/C28H29NO5S2.C2HF3O2/c1-36(31,32)27-18-21(19-35-27)26-11-5-20-17-22(30)6-12-25(20)28(26)34-24-9-7-23(8-10-24)33-16-15-29-13-3-2-4-14-29;3-2(4,5)1(6)7/h5-12,17-19,30H,2-4,13-16H2,1H3;(H,6,7). The number of benzene rings is 3. The summed E-state index contributed by atoms with van der Waals surface area (Å²) in [6.07, 6.45) is -0.0193. The summed E-state index contributed by atoms with van der Waals surface area (Å²) in [7, 11) is -3.30. The molecule has 1 fully saturated rings. The summed E-state index contributed by atoms with van der Waals surface area (Å²) in [5, 5.41) is 20.5. The van der Waals surface area contributed by atoms with Crippen molar-refractivity contribution in [2.24, 2.45) is 0 Å². The van der Waals surface area contributed by atoms with Gasteiger partial charge in [0.1, 0.15) is 33.8 Å². The van der Waals surface area contributed by atoms with E-state index in [1.54, 1.807) is 18.2 Å². The van der Waals surface area contributed by atoms with E-state index >= 15 is 0 Å². The van der Waals surface area contributed by atoms with Crippen LogP contribution in [-0.4, -0.2) is 68.2 Å². The van der Waals surface area contributed by atoms with Gasteiger partial charge >= 0.3 is 12.1 Å². The van der Waals surface area contributed by atoms with E-state index in [4.69, 9.17) is 19.4 Å². The van der Waals surface area contributed by atoms with Crippen LogP contribution in [0.2, 0.25) is 0 Å². The van der Waals surface area contributed by atoms with Crippen LogP contribution in [0.4, 0.5) is 13.2 Å². The van der Waals surface area contributed by atoms with Crippen molar-refractivity contribution < 1.29 is 46.1 Å². The van der Waals surface area contributed by atoms with Gasteiger partial charge in [0.2, 0.25) is 0 Å². The first-order valence-corrected chi connectivity index (χ1v) is 16.1. The zero-order valence-corrected chi connectivity index (χ0v) is 24.8. The lowest BCUT2D eigenvalue weighted by molar-refractivity contribution is -0.192. The highest BCUT2D eigenvalue weighted by Gasteiger charge is 2.38. The minimum Gasteiger partial charge on any atom is -0.508 e. The van der Waals surface area contributed by atoms with Gasteiger partial charge in [-0.3, -0.25) is 4.90 Å². The second-order valence-corrected chi connectivity index (χ2v) is 13.1. The number of sulfone groups is 1. The number of carbonyl (C=O) groups is 1. The molecule has 0 amide bonds. The van der Waals surface area contributed by atoms with Crippen LogP contribution in [0.3, 0.4) is 0 Å². The van der Waals surface area contributed by atoms with Crippen molar-refractivity contribution in [2.75, 3.05) is 32.5 Å². The first-order chi connectivity index (χ1) is 20.3. The van der Waals surface area contributed by atoms with Crippen LogP contribution >= 0.6 is 11.3 Å². The van der Waals surface area contributed by atoms with Gasteiger partial charge in [-0.25, -0.2) is 13.2 Å². The van der Waals surface area contributed by atoms with Gasteiger partial charge in [-0.05, 0) is 91.5 Å². The molecule has 5 rings (SSSR count). The number of hydrogen-bond acceptors (Lipinski definition) is 8. The number of likely N-dealkylation sites (tertiary alicyclic amines) is 1. The molecule has 2 N–H and O–H groups in total. The van der Waals surface area contributed by atoms with Crippen LogP contribution < -0.4 is 9.47 Å². The molecule has 1 aliphatic rings. The molecule has 0 aliphatic carbocycles. The normalized spacial score (nSPS) is 14.1. The van der Waals surface area contributed by atoms with Gasteiger partial charge in [0, 0.05) is 29.1 Å². The van der Waals surface area contributed by atoms with E-state index in [1.165, 1.54) is 36.9 Å². The van der Waals surface area contributed by atoms with E-state index in [0.717, 1.165) is 47.3 Å². The summed E-state index contributed by atoms with van der Waals surface area (Å²) in [5.41, 5.74) is 1.55. The number of ether oxygens (including phenoxy) is 2. The Morgan fingerprint density at radius 1 is 0.977 bits per heavy atom. The van der Waals surface area contributed by atoms with Gasteiger partial charge < -0.3 is 19.7 Å². The molecule has 8 nitrogen and oxygen atoms in total. The molecule has 1 saturated heterocycles. The van der Waals surface area contributed by atoms with Crippen LogP contribution in [0.5, 0.6) is 23.0 Å². The number of thiophene rings is 1. The van der Waals surface area contributed by atoms with Crippen molar-refractivity contribution in [3.63, 3.8) is 0 Å². The molecule has 1 aromatic heterocycles. The predicted octanol–water partition coefficient (Wildman–Crippen LogP) is 6.97. The maximum Gasteiger partial charge on any atom is 0.490 e. The summed E-state index contributed by atoms with van der Waals surface area (Å²) in [5.74, 6) is -0.560. The number of halogens is 3. The fourth-order valence-electron chi connectivity index (χ4n) is 4.48. The SMILES string of the molecule is CS(=O)(=O)c1cc(-c2ccc3cc(O)ccc3c2Oc2ccc(OCCN3CCCCC3)cc2)cs1.O=C(O)C(F)(F)F. The van der Waals surface area contributed by atoms with Crippen LogP contribution in [0, 0.1) is 0 Å². The number of phenols is 1. The third-order valence-electron chi connectivity index (χ3n) is 6.62. The molecule has 4 aromatic rings. The molecule has 3 aromatic carbocycles. The van der Waals surface area contributed by atoms with Crippen molar-refractivity contribution in [1.82, 2.24) is 4.90 Å². The van der Waals surface area contributed by atoms with Crippen LogP contribution in [0.25, 0.3) is 21.9 Å². The van der Waals surface area contributed by atoms with E-state index in [-0.39, 0.29) is 5.75 Å². The van der Waals surface area contributed by atoms with Crippen molar-refractivity contribution in [3.05, 3.63) is 66.0 Å². The first kappa shape index (κ1) is 32.1. The average molecular weight is 638 g/mol. The molecule has 0 radical (unpaired) electrons. The van der Waals surface area contributed by atoms with Crippen molar-refractivity contribution in [2.45, 2.75) is 29.6 Å². The number of nitrogens with zero attached hydrogens (tertiary/aromatic N) is 1. The van der Waals surface area contributed by atoms with Gasteiger partial charge in [0.05, 0.1) is 0 Å². The average Bonchev–Trinajstić information content (AvgIpc) is 3.45. The van der Waals surface area contributed by atoms with Crippen LogP contribution in [0.15, 0.2) is 70.3 Å². The summed E-state index contributed by atoms with van der Waals surface area (Å²) in [6.45, 7) is 3.88. The van der Waals surface area contributed by atoms with Crippen LogP contribution in [0.1, 0.15) is 19.3 Å². The minimum atomic E-state index is -5.08. The Balaban J connectivity index is 0.000000541. The van der Waals surface area contributed by atoms with E-state index in [9.17, 15) is 26.7 Å². The predicted molar refractivity (Wildman–Crippen MR) is 158 cm³/mol. The Kier molecular flexibility index (Phi) is 10.2. The molecule has 13 heteroatoms. The Hall–Kier alpha value is -3.81. The number of aromatic hydroxyl groups is 1. The zero-order chi connectivity index (χ0) is 31.2. The number of alkyl halides is 3. The maximum absolute atomic E-state index is 12.0. The van der Waals surface area contributed by atoms with Crippen molar-refractivity contribution in [3.8, 4) is 34.1 Å². The van der Waals surface area contributed by atoms with Gasteiger partial charge in [-0.2, -0.15) is 13.2 Å². The van der Waals surface area contributed by atoms with E-state index in [2.05, 4.69) is 4.90 Å². The highest BCUT2D eigenvalue weighted by molar-refractivity contribution is 7.92. The largest absolute Gasteiger partial charge is 0.508 e. The quantitative estimate of drug-likeness (QED) is 0.213. The molecule has 0 spiro atoms. The third kappa shape index (κ3) is 8.85. The van der Waals surface area contributed by atoms with E-state index in [1.807, 2.05) is 47.8 Å². The number of hydrogen-bond donors (Lipinski definition) is 2. The van der Waals surface area contributed by atoms with E-state index < -0.39 is 22.0 Å². The summed E-state index contributed by atoms with van der Waals surface area (Å²) < 4.78 is 68.4. The Morgan fingerprint density at radius 3 is 2.23 bits per heavy atom. The molecule has 0 atom stereocenters. The van der Waals surface area contributed by atoms with Gasteiger partial charge in [-0.15, -0.1) is 11.3 Å². The van der Waals surface area contributed by atoms with Crippen LogP contribution in [-0.2, 0) is 14.6 Å². The molecule has 43 heavy (non-hydrogen) atoms. The highest BCUT2D eigenvalue weighted by atomic mass is 32.2. The number of aliphatic carboxylic acids is 1. The monoisotopic (exact) mass is 637 g/mol. The van der Waals surface area contributed by atoms with Crippen molar-refractivity contribution in [1.29, 1.82) is 0 Å². The third-order valence-corrected chi connectivity index (χ3v) is 9.38. The molecule has 0 unspecified atom stereocenters. The Bertz CT molecular complexity index is 1660. The number of carboxylic acid groups (broad SMARTS) is 1. The second kappa shape index (κ2) is 13.7. The van der Waals surface area contributed by atoms with Gasteiger partial charge in [0.25, 0.3) is 0 Å². The van der Waals surface area contributed by atoms with Gasteiger partial charge in [-0.1, -0.05) is 12.5 Å². The number of piperidine rings is 1. The van der Waals surface area contributed by atoms with Crippen molar-refractivity contribution >= 4 is 37.9 Å². The minimum absolute atomic E-state index is 0.169. The molecule has 0 bridgehead atoms. The second-order valence-electron chi connectivity index (χ2n) is 9.90. The smallest absolute Gasteiger partial charge is 0.490 e. The molecular weight excluding hydrogens is 607 g/mol. The lowest BCUT2D eigenvalue weighted by Crippen LogP contribution is -2.33. The lowest BCUT2D eigenvalue weighted by atomic mass is 10.0. The highest BCUT2D eigenvalue weighted by Crippen LogP contribution is 2.42. The number of carboxylic acids is 1. The molecule has 2 heterocycles. The topological polar surface area (TPSA) is 113 Å². The number of fused-ring (bicyclic) bond motifs is 1. The molecule has 1 aliphatic heterocycles. The molecule has 0 saturated carbocycles. The zero-order valence-electron chi connectivity index (χ0n) is 23.1. The fraction of sp³-hybridized carbons (Fsp3) is 0.300.